The highest BCUT2D eigenvalue weighted by molar-refractivity contribution is 5.28. The number of allylic oxidation sites excluding steroid dienone is 2. The van der Waals surface area contributed by atoms with Gasteiger partial charge in [-0.25, -0.2) is 0 Å². The smallest absolute Gasteiger partial charge is 0.0479 e. The molecule has 0 amide bonds. The van der Waals surface area contributed by atoms with Crippen molar-refractivity contribution in [1.29, 1.82) is 0 Å². The van der Waals surface area contributed by atoms with E-state index in [9.17, 15) is 0 Å². The Balaban J connectivity index is 3.06. The Morgan fingerprint density at radius 3 is 2.38 bits per heavy atom. The molecule has 2 atom stereocenters. The highest BCUT2D eigenvalue weighted by Gasteiger charge is 2.35. The van der Waals surface area contributed by atoms with Crippen molar-refractivity contribution in [3.63, 3.8) is 0 Å². The minimum absolute atomic E-state index is 0.0556. The molecule has 2 unspecified atom stereocenters. The van der Waals surface area contributed by atoms with Crippen LogP contribution in [0.15, 0.2) is 11.6 Å². The summed E-state index contributed by atoms with van der Waals surface area (Å²) in [6.07, 6.45) is 15.1. The van der Waals surface area contributed by atoms with Crippen LogP contribution in [0.1, 0.15) is 33.6 Å². The van der Waals surface area contributed by atoms with Gasteiger partial charge >= 0.3 is 0 Å². The van der Waals surface area contributed by atoms with Crippen molar-refractivity contribution in [2.45, 2.75) is 33.6 Å². The van der Waals surface area contributed by atoms with Gasteiger partial charge in [-0.05, 0) is 33.6 Å². The third-order valence-electron chi connectivity index (χ3n) is 2.67. The largest absolute Gasteiger partial charge is 0.120 e. The quantitative estimate of drug-likeness (QED) is 0.389. The summed E-state index contributed by atoms with van der Waals surface area (Å²) in [6.45, 7) is 6.29. The zero-order valence-electron chi connectivity index (χ0n) is 8.65. The molecule has 0 bridgehead atoms. The van der Waals surface area contributed by atoms with E-state index in [-0.39, 0.29) is 10.8 Å². The van der Waals surface area contributed by atoms with Crippen LogP contribution in [0.3, 0.4) is 0 Å². The molecule has 68 valence electrons. The molecule has 0 heterocycles. The highest BCUT2D eigenvalue weighted by atomic mass is 14.4. The molecule has 1 aliphatic carbocycles. The summed E-state index contributed by atoms with van der Waals surface area (Å²) in [5.41, 5.74) is 1.11. The Bertz CT molecular complexity index is 321. The average Bonchev–Trinajstić information content (AvgIpc) is 2.02. The molecule has 13 heavy (non-hydrogen) atoms. The molecule has 0 fully saturated rings. The van der Waals surface area contributed by atoms with E-state index in [0.717, 1.165) is 12.8 Å². The molecule has 0 saturated carbocycles. The van der Waals surface area contributed by atoms with Gasteiger partial charge < -0.3 is 0 Å². The summed E-state index contributed by atoms with van der Waals surface area (Å²) in [7, 11) is 0. The molecule has 0 aromatic rings. The second-order valence-corrected chi connectivity index (χ2v) is 4.61. The fourth-order valence-corrected chi connectivity index (χ4v) is 2.33. The average molecular weight is 172 g/mol. The summed E-state index contributed by atoms with van der Waals surface area (Å²) in [5.74, 6) is 5.69. The lowest BCUT2D eigenvalue weighted by atomic mass is 9.66. The first kappa shape index (κ1) is 9.94. The van der Waals surface area contributed by atoms with E-state index in [1.54, 1.807) is 0 Å². The van der Waals surface area contributed by atoms with Gasteiger partial charge in [0.2, 0.25) is 0 Å². The van der Waals surface area contributed by atoms with Crippen molar-refractivity contribution in [2.75, 3.05) is 0 Å². The second-order valence-electron chi connectivity index (χ2n) is 4.61. The second kappa shape index (κ2) is 2.97. The normalized spacial score (nSPS) is 38.7. The van der Waals surface area contributed by atoms with Crippen LogP contribution in [0.4, 0.5) is 0 Å². The Hall–Kier alpha value is -1.14. The lowest BCUT2D eigenvalue weighted by Crippen LogP contribution is -2.28. The fourth-order valence-electron chi connectivity index (χ4n) is 2.33. The molecule has 0 spiro atoms. The molecular weight excluding hydrogens is 156 g/mol. The Morgan fingerprint density at radius 1 is 1.31 bits per heavy atom. The van der Waals surface area contributed by atoms with Gasteiger partial charge in [-0.3, -0.25) is 0 Å². The van der Waals surface area contributed by atoms with Crippen molar-refractivity contribution in [1.82, 2.24) is 0 Å². The minimum Gasteiger partial charge on any atom is -0.120 e. The van der Waals surface area contributed by atoms with E-state index >= 15 is 0 Å². The summed E-state index contributed by atoms with van der Waals surface area (Å²) >= 11 is 0. The van der Waals surface area contributed by atoms with Gasteiger partial charge in [-0.2, -0.15) is 0 Å². The fraction of sp³-hybridized carbons (Fsp3) is 0.538. The number of hydrogen-bond acceptors (Lipinski definition) is 0. The van der Waals surface area contributed by atoms with Crippen LogP contribution < -0.4 is 0 Å². The van der Waals surface area contributed by atoms with Crippen molar-refractivity contribution >= 4 is 0 Å². The molecule has 1 aliphatic rings. The maximum Gasteiger partial charge on any atom is 0.0479 e. The molecule has 0 aliphatic heterocycles. The lowest BCUT2D eigenvalue weighted by molar-refractivity contribution is 0.294. The van der Waals surface area contributed by atoms with E-state index in [1.165, 1.54) is 5.57 Å². The number of rotatable bonds is 0. The molecule has 0 aromatic heterocycles. The SMILES string of the molecule is C#CC1(C)C=C(C)CC(C)(C#C)C1. The zero-order chi connectivity index (χ0) is 10.1. The predicted molar refractivity (Wildman–Crippen MR) is 56.9 cm³/mol. The van der Waals surface area contributed by atoms with Crippen molar-refractivity contribution < 1.29 is 0 Å². The third-order valence-corrected chi connectivity index (χ3v) is 2.67. The van der Waals surface area contributed by atoms with E-state index in [1.807, 2.05) is 0 Å². The zero-order valence-corrected chi connectivity index (χ0v) is 8.65. The van der Waals surface area contributed by atoms with Crippen molar-refractivity contribution in [2.24, 2.45) is 10.8 Å². The Kier molecular flexibility index (Phi) is 2.27. The lowest BCUT2D eigenvalue weighted by Gasteiger charge is -2.36. The number of terminal acetylenes is 2. The van der Waals surface area contributed by atoms with E-state index < -0.39 is 0 Å². The molecule has 0 aromatic carbocycles. The maximum atomic E-state index is 5.53. The molecule has 0 heteroatoms. The van der Waals surface area contributed by atoms with Gasteiger partial charge in [0.15, 0.2) is 0 Å². The van der Waals surface area contributed by atoms with Crippen LogP contribution >= 0.6 is 0 Å². The van der Waals surface area contributed by atoms with Gasteiger partial charge in [0.1, 0.15) is 0 Å². The van der Waals surface area contributed by atoms with E-state index in [2.05, 4.69) is 38.7 Å². The molecule has 0 saturated heterocycles. The van der Waals surface area contributed by atoms with Crippen LogP contribution in [0.2, 0.25) is 0 Å². The van der Waals surface area contributed by atoms with Crippen molar-refractivity contribution in [3.05, 3.63) is 11.6 Å². The predicted octanol–water partition coefficient (Wildman–Crippen LogP) is 3.01. The first-order valence-corrected chi connectivity index (χ1v) is 4.57. The molecule has 0 N–H and O–H groups in total. The van der Waals surface area contributed by atoms with Crippen LogP contribution in [0.5, 0.6) is 0 Å². The summed E-state index contributed by atoms with van der Waals surface area (Å²) < 4.78 is 0. The van der Waals surface area contributed by atoms with Crippen molar-refractivity contribution in [3.8, 4) is 24.7 Å². The molecular formula is C13H16. The number of hydrogen-bond donors (Lipinski definition) is 0. The van der Waals surface area contributed by atoms with Gasteiger partial charge in [0, 0.05) is 10.8 Å². The van der Waals surface area contributed by atoms with Gasteiger partial charge in [0.05, 0.1) is 0 Å². The summed E-state index contributed by atoms with van der Waals surface area (Å²) in [6, 6.07) is 0. The molecule has 0 radical (unpaired) electrons. The monoisotopic (exact) mass is 172 g/mol. The standard InChI is InChI=1S/C13H16/c1-6-12(4)8-11(3)9-13(5,7-2)10-12/h1-2,8H,9-10H2,3-5H3. The topological polar surface area (TPSA) is 0 Å². The van der Waals surface area contributed by atoms with Crippen LogP contribution in [-0.2, 0) is 0 Å². The van der Waals surface area contributed by atoms with Gasteiger partial charge in [-0.15, -0.1) is 12.8 Å². The van der Waals surface area contributed by atoms with Crippen LogP contribution in [0, 0.1) is 35.5 Å². The third kappa shape index (κ3) is 1.96. The summed E-state index contributed by atoms with van der Waals surface area (Å²) in [5, 5.41) is 0. The summed E-state index contributed by atoms with van der Waals surface area (Å²) in [4.78, 5) is 0. The van der Waals surface area contributed by atoms with E-state index in [4.69, 9.17) is 12.8 Å². The maximum absolute atomic E-state index is 5.53. The van der Waals surface area contributed by atoms with E-state index in [0.29, 0.717) is 0 Å². The Labute approximate surface area is 81.4 Å². The first-order valence-electron chi connectivity index (χ1n) is 4.57. The van der Waals surface area contributed by atoms with Gasteiger partial charge in [-0.1, -0.05) is 23.5 Å². The van der Waals surface area contributed by atoms with Gasteiger partial charge in [0.25, 0.3) is 0 Å². The molecule has 1 rings (SSSR count). The molecule has 0 nitrogen and oxygen atoms in total. The highest BCUT2D eigenvalue weighted by Crippen LogP contribution is 2.44. The first-order chi connectivity index (χ1) is 5.93. The van der Waals surface area contributed by atoms with Crippen LogP contribution in [0.25, 0.3) is 0 Å². The Morgan fingerprint density at radius 2 is 1.92 bits per heavy atom. The minimum atomic E-state index is -0.149. The van der Waals surface area contributed by atoms with Crippen LogP contribution in [-0.4, -0.2) is 0 Å².